The Morgan fingerprint density at radius 1 is 1.47 bits per heavy atom. The van der Waals surface area contributed by atoms with E-state index in [1.807, 2.05) is 32.0 Å². The van der Waals surface area contributed by atoms with Gasteiger partial charge in [-0.2, -0.15) is 0 Å². The topological polar surface area (TPSA) is 55.6 Å². The fourth-order valence-electron chi connectivity index (χ4n) is 2.03. The number of nitrogen functional groups attached to an aromatic ring is 1. The molecule has 1 aliphatic rings. The summed E-state index contributed by atoms with van der Waals surface area (Å²) in [5.74, 6) is 0.123. The molecule has 4 heteroatoms. The zero-order valence-corrected chi connectivity index (χ0v) is 10.3. The molecule has 2 N–H and O–H groups in total. The van der Waals surface area contributed by atoms with Gasteiger partial charge in [0.1, 0.15) is 0 Å². The van der Waals surface area contributed by atoms with Crippen LogP contribution in [0.1, 0.15) is 19.4 Å². The summed E-state index contributed by atoms with van der Waals surface area (Å²) in [6, 6.07) is 5.61. The molecule has 2 rings (SSSR count). The number of fused-ring (bicyclic) bond motifs is 1. The molecule has 0 radical (unpaired) electrons. The average Bonchev–Trinajstić information content (AvgIpc) is 2.54. The van der Waals surface area contributed by atoms with Crippen LogP contribution in [0.3, 0.4) is 0 Å². The van der Waals surface area contributed by atoms with E-state index in [0.29, 0.717) is 25.3 Å². The summed E-state index contributed by atoms with van der Waals surface area (Å²) in [4.78, 5) is 13.6. The molecule has 0 atom stereocenters. The predicted molar refractivity (Wildman–Crippen MR) is 68.0 cm³/mol. The Balaban J connectivity index is 2.07. The Morgan fingerprint density at radius 2 is 2.24 bits per heavy atom. The van der Waals surface area contributed by atoms with Gasteiger partial charge in [0.2, 0.25) is 5.91 Å². The second-order valence-corrected chi connectivity index (χ2v) is 4.53. The number of hydrogen-bond donors (Lipinski definition) is 1. The fraction of sp³-hybridized carbons (Fsp3) is 0.462. The van der Waals surface area contributed by atoms with E-state index in [2.05, 4.69) is 0 Å². The van der Waals surface area contributed by atoms with Gasteiger partial charge in [-0.3, -0.25) is 4.79 Å². The largest absolute Gasteiger partial charge is 0.399 e. The Bertz CT molecular complexity index is 429. The van der Waals surface area contributed by atoms with Crippen molar-refractivity contribution in [1.82, 2.24) is 0 Å². The van der Waals surface area contributed by atoms with Crippen molar-refractivity contribution in [3.05, 3.63) is 23.8 Å². The first-order chi connectivity index (χ1) is 8.08. The van der Waals surface area contributed by atoms with E-state index < -0.39 is 0 Å². The molecule has 0 saturated heterocycles. The first kappa shape index (κ1) is 11.9. The molecule has 1 aliphatic heterocycles. The van der Waals surface area contributed by atoms with Crippen LogP contribution < -0.4 is 10.6 Å². The first-order valence-corrected chi connectivity index (χ1v) is 5.88. The van der Waals surface area contributed by atoms with Gasteiger partial charge in [0.05, 0.1) is 19.1 Å². The summed E-state index contributed by atoms with van der Waals surface area (Å²) in [7, 11) is 0. The molecular formula is C13H18N2O2. The van der Waals surface area contributed by atoms with E-state index in [4.69, 9.17) is 10.5 Å². The van der Waals surface area contributed by atoms with E-state index in [-0.39, 0.29) is 12.0 Å². The summed E-state index contributed by atoms with van der Waals surface area (Å²) in [6.07, 6.45) is 0.640. The summed E-state index contributed by atoms with van der Waals surface area (Å²) >= 11 is 0. The lowest BCUT2D eigenvalue weighted by Gasteiger charge is -2.18. The number of anilines is 2. The monoisotopic (exact) mass is 234 g/mol. The third-order valence-corrected chi connectivity index (χ3v) is 2.80. The van der Waals surface area contributed by atoms with Crippen molar-refractivity contribution in [1.29, 1.82) is 0 Å². The van der Waals surface area contributed by atoms with Gasteiger partial charge in [-0.05, 0) is 37.6 Å². The summed E-state index contributed by atoms with van der Waals surface area (Å²) in [5, 5.41) is 0. The maximum atomic E-state index is 11.8. The molecule has 1 aromatic carbocycles. The maximum absolute atomic E-state index is 11.8. The number of carbonyl (C=O) groups excluding carboxylic acids is 1. The zero-order chi connectivity index (χ0) is 12.4. The Morgan fingerprint density at radius 3 is 2.94 bits per heavy atom. The molecule has 0 bridgehead atoms. The summed E-state index contributed by atoms with van der Waals surface area (Å²) < 4.78 is 5.47. The third-order valence-electron chi connectivity index (χ3n) is 2.80. The number of ether oxygens (including phenoxy) is 1. The average molecular weight is 234 g/mol. The normalized spacial score (nSPS) is 14.5. The number of carbonyl (C=O) groups is 1. The van der Waals surface area contributed by atoms with Gasteiger partial charge in [-0.1, -0.05) is 0 Å². The summed E-state index contributed by atoms with van der Waals surface area (Å²) in [6.45, 7) is 5.14. The van der Waals surface area contributed by atoms with Crippen LogP contribution in [0.25, 0.3) is 0 Å². The van der Waals surface area contributed by atoms with Crippen LogP contribution in [0.4, 0.5) is 11.4 Å². The molecule has 0 fully saturated rings. The van der Waals surface area contributed by atoms with Crippen LogP contribution >= 0.6 is 0 Å². The first-order valence-electron chi connectivity index (χ1n) is 5.88. The third kappa shape index (κ3) is 2.58. The second kappa shape index (κ2) is 4.75. The van der Waals surface area contributed by atoms with Gasteiger partial charge in [-0.25, -0.2) is 0 Å². The van der Waals surface area contributed by atoms with Crippen molar-refractivity contribution in [3.63, 3.8) is 0 Å². The van der Waals surface area contributed by atoms with Crippen LogP contribution in [0.5, 0.6) is 0 Å². The molecule has 0 unspecified atom stereocenters. The van der Waals surface area contributed by atoms with Gasteiger partial charge in [-0.15, -0.1) is 0 Å². The van der Waals surface area contributed by atoms with Crippen molar-refractivity contribution in [2.45, 2.75) is 26.4 Å². The van der Waals surface area contributed by atoms with Gasteiger partial charge < -0.3 is 15.4 Å². The lowest BCUT2D eigenvalue weighted by Crippen LogP contribution is -2.31. The maximum Gasteiger partial charge on any atom is 0.231 e. The van der Waals surface area contributed by atoms with E-state index in [1.165, 1.54) is 0 Å². The molecule has 17 heavy (non-hydrogen) atoms. The van der Waals surface area contributed by atoms with Crippen LogP contribution in [0.2, 0.25) is 0 Å². The van der Waals surface area contributed by atoms with Crippen LogP contribution in [-0.2, 0) is 16.0 Å². The van der Waals surface area contributed by atoms with Crippen molar-refractivity contribution < 1.29 is 9.53 Å². The van der Waals surface area contributed by atoms with Gasteiger partial charge in [0, 0.05) is 17.9 Å². The molecule has 0 aliphatic carbocycles. The highest BCUT2D eigenvalue weighted by atomic mass is 16.5. The lowest BCUT2D eigenvalue weighted by molar-refractivity contribution is -0.117. The summed E-state index contributed by atoms with van der Waals surface area (Å²) in [5.41, 5.74) is 8.39. The smallest absolute Gasteiger partial charge is 0.231 e. The van der Waals surface area contributed by atoms with Crippen molar-refractivity contribution >= 4 is 17.3 Å². The van der Waals surface area contributed by atoms with Crippen LogP contribution in [-0.4, -0.2) is 25.2 Å². The highest BCUT2D eigenvalue weighted by Crippen LogP contribution is 2.30. The van der Waals surface area contributed by atoms with Crippen molar-refractivity contribution in [2.24, 2.45) is 0 Å². The van der Waals surface area contributed by atoms with E-state index in [9.17, 15) is 4.79 Å². The molecule has 0 saturated carbocycles. The van der Waals surface area contributed by atoms with Crippen LogP contribution in [0, 0.1) is 0 Å². The molecule has 1 amide bonds. The standard InChI is InChI=1S/C13H18N2O2/c1-9(2)17-6-5-15-12-4-3-11(14)7-10(12)8-13(15)16/h3-4,7,9H,5-6,8,14H2,1-2H3. The van der Waals surface area contributed by atoms with E-state index in [1.54, 1.807) is 4.90 Å². The minimum Gasteiger partial charge on any atom is -0.399 e. The molecule has 1 aromatic rings. The Kier molecular flexibility index (Phi) is 3.33. The second-order valence-electron chi connectivity index (χ2n) is 4.53. The SMILES string of the molecule is CC(C)OCCN1C(=O)Cc2cc(N)ccc21. The van der Waals surface area contributed by atoms with Crippen LogP contribution in [0.15, 0.2) is 18.2 Å². The highest BCUT2D eigenvalue weighted by Gasteiger charge is 2.26. The van der Waals surface area contributed by atoms with Crippen molar-refractivity contribution in [3.8, 4) is 0 Å². The quantitative estimate of drug-likeness (QED) is 0.805. The number of nitrogens with two attached hydrogens (primary N) is 1. The molecule has 4 nitrogen and oxygen atoms in total. The lowest BCUT2D eigenvalue weighted by atomic mass is 10.1. The Labute approximate surface area is 101 Å². The molecular weight excluding hydrogens is 216 g/mol. The molecule has 1 heterocycles. The number of amides is 1. The van der Waals surface area contributed by atoms with Crippen molar-refractivity contribution in [2.75, 3.05) is 23.8 Å². The van der Waals surface area contributed by atoms with Gasteiger partial charge in [0.15, 0.2) is 0 Å². The number of nitrogens with zero attached hydrogens (tertiary/aromatic N) is 1. The number of benzene rings is 1. The number of rotatable bonds is 4. The van der Waals surface area contributed by atoms with E-state index >= 15 is 0 Å². The predicted octanol–water partition coefficient (Wildman–Crippen LogP) is 1.58. The minimum absolute atomic E-state index is 0.123. The molecule has 0 spiro atoms. The van der Waals surface area contributed by atoms with Gasteiger partial charge >= 0.3 is 0 Å². The highest BCUT2D eigenvalue weighted by molar-refractivity contribution is 6.01. The zero-order valence-electron chi connectivity index (χ0n) is 10.3. The fourth-order valence-corrected chi connectivity index (χ4v) is 2.03. The van der Waals surface area contributed by atoms with Gasteiger partial charge in [0.25, 0.3) is 0 Å². The molecule has 92 valence electrons. The minimum atomic E-state index is 0.123. The van der Waals surface area contributed by atoms with E-state index in [0.717, 1.165) is 11.3 Å². The number of hydrogen-bond acceptors (Lipinski definition) is 3. The Hall–Kier alpha value is -1.55. The molecule has 0 aromatic heterocycles.